The standard InChI is InChI=1S/C12H11BrFN3/c13-6-9-3-4-10(5-11(9)14)17-7-12(15-16-17)8-1-2-8/h3-5,7-8H,1-2,6H2. The molecule has 1 fully saturated rings. The van der Waals surface area contributed by atoms with Crippen molar-refractivity contribution in [2.24, 2.45) is 0 Å². The number of hydrogen-bond donors (Lipinski definition) is 0. The monoisotopic (exact) mass is 295 g/mol. The molecule has 0 radical (unpaired) electrons. The molecule has 1 aliphatic rings. The Balaban J connectivity index is 1.93. The van der Waals surface area contributed by atoms with Gasteiger partial charge in [-0.25, -0.2) is 9.07 Å². The maximum Gasteiger partial charge on any atom is 0.129 e. The fourth-order valence-electron chi connectivity index (χ4n) is 1.76. The van der Waals surface area contributed by atoms with E-state index < -0.39 is 0 Å². The molecule has 3 rings (SSSR count). The highest BCUT2D eigenvalue weighted by Gasteiger charge is 2.26. The predicted molar refractivity (Wildman–Crippen MR) is 65.9 cm³/mol. The minimum Gasteiger partial charge on any atom is -0.220 e. The first-order valence-electron chi connectivity index (χ1n) is 5.55. The molecule has 2 aromatic rings. The average molecular weight is 296 g/mol. The molecule has 0 N–H and O–H groups in total. The third-order valence-corrected chi connectivity index (χ3v) is 3.56. The van der Waals surface area contributed by atoms with Crippen molar-refractivity contribution in [3.05, 3.63) is 41.5 Å². The molecule has 88 valence electrons. The minimum absolute atomic E-state index is 0.220. The van der Waals surface area contributed by atoms with Crippen LogP contribution in [0.4, 0.5) is 4.39 Å². The Morgan fingerprint density at radius 2 is 2.24 bits per heavy atom. The molecule has 0 spiro atoms. The fourth-order valence-corrected chi connectivity index (χ4v) is 2.21. The first-order chi connectivity index (χ1) is 8.28. The van der Waals surface area contributed by atoms with Gasteiger partial charge in [0.25, 0.3) is 0 Å². The molecule has 5 heteroatoms. The molecule has 0 atom stereocenters. The van der Waals surface area contributed by atoms with Gasteiger partial charge in [0.05, 0.1) is 17.6 Å². The van der Waals surface area contributed by atoms with E-state index >= 15 is 0 Å². The minimum atomic E-state index is -0.220. The normalized spacial score (nSPS) is 15.2. The Labute approximate surface area is 107 Å². The number of alkyl halides is 1. The largest absolute Gasteiger partial charge is 0.220 e. The van der Waals surface area contributed by atoms with E-state index in [1.54, 1.807) is 10.7 Å². The van der Waals surface area contributed by atoms with E-state index in [2.05, 4.69) is 26.2 Å². The summed E-state index contributed by atoms with van der Waals surface area (Å²) in [7, 11) is 0. The lowest BCUT2D eigenvalue weighted by Gasteiger charge is -2.03. The maximum absolute atomic E-state index is 13.6. The van der Waals surface area contributed by atoms with Crippen molar-refractivity contribution in [1.29, 1.82) is 0 Å². The topological polar surface area (TPSA) is 30.7 Å². The van der Waals surface area contributed by atoms with Crippen molar-refractivity contribution in [3.8, 4) is 5.69 Å². The summed E-state index contributed by atoms with van der Waals surface area (Å²) >= 11 is 3.25. The molecular weight excluding hydrogens is 285 g/mol. The number of hydrogen-bond acceptors (Lipinski definition) is 2. The molecule has 3 nitrogen and oxygen atoms in total. The van der Waals surface area contributed by atoms with Gasteiger partial charge in [-0.1, -0.05) is 27.2 Å². The second-order valence-corrected chi connectivity index (χ2v) is 4.83. The highest BCUT2D eigenvalue weighted by Crippen LogP contribution is 2.38. The van der Waals surface area contributed by atoms with Crippen molar-refractivity contribution in [2.75, 3.05) is 0 Å². The zero-order valence-electron chi connectivity index (χ0n) is 9.11. The Hall–Kier alpha value is -1.23. The van der Waals surface area contributed by atoms with Crippen molar-refractivity contribution in [2.45, 2.75) is 24.1 Å². The Kier molecular flexibility index (Phi) is 2.70. The van der Waals surface area contributed by atoms with E-state index in [1.165, 1.54) is 18.9 Å². The summed E-state index contributed by atoms with van der Waals surface area (Å²) in [5.41, 5.74) is 2.37. The van der Waals surface area contributed by atoms with E-state index in [0.29, 0.717) is 22.5 Å². The third-order valence-electron chi connectivity index (χ3n) is 2.95. The first kappa shape index (κ1) is 10.9. The highest BCUT2D eigenvalue weighted by atomic mass is 79.9. The van der Waals surface area contributed by atoms with Crippen LogP contribution < -0.4 is 0 Å². The third kappa shape index (κ3) is 2.11. The van der Waals surface area contributed by atoms with Crippen LogP contribution in [0.5, 0.6) is 0 Å². The molecule has 0 saturated heterocycles. The predicted octanol–water partition coefficient (Wildman–Crippen LogP) is 3.18. The molecule has 17 heavy (non-hydrogen) atoms. The quantitative estimate of drug-likeness (QED) is 0.814. The molecule has 0 bridgehead atoms. The van der Waals surface area contributed by atoms with Crippen LogP contribution in [0.2, 0.25) is 0 Å². The summed E-state index contributed by atoms with van der Waals surface area (Å²) in [6, 6.07) is 5.10. The molecule has 0 amide bonds. The molecular formula is C12H11BrFN3. The van der Waals surface area contributed by atoms with Gasteiger partial charge in [-0.15, -0.1) is 5.10 Å². The van der Waals surface area contributed by atoms with Crippen LogP contribution in [0.15, 0.2) is 24.4 Å². The van der Waals surface area contributed by atoms with Gasteiger partial charge in [-0.05, 0) is 30.5 Å². The van der Waals surface area contributed by atoms with E-state index in [1.807, 2.05) is 12.3 Å². The van der Waals surface area contributed by atoms with Crippen LogP contribution in [0.1, 0.15) is 30.0 Å². The lowest BCUT2D eigenvalue weighted by Crippen LogP contribution is -1.97. The lowest BCUT2D eigenvalue weighted by atomic mass is 10.2. The van der Waals surface area contributed by atoms with Gasteiger partial charge in [0.2, 0.25) is 0 Å². The van der Waals surface area contributed by atoms with Gasteiger partial charge in [-0.3, -0.25) is 0 Å². The van der Waals surface area contributed by atoms with Crippen LogP contribution >= 0.6 is 15.9 Å². The smallest absolute Gasteiger partial charge is 0.129 e. The summed E-state index contributed by atoms with van der Waals surface area (Å²) in [6.07, 6.45) is 4.27. The Morgan fingerprint density at radius 1 is 1.41 bits per heavy atom. The number of aromatic nitrogens is 3. The second kappa shape index (κ2) is 4.22. The molecule has 0 unspecified atom stereocenters. The van der Waals surface area contributed by atoms with Crippen LogP contribution in [0, 0.1) is 5.82 Å². The first-order valence-corrected chi connectivity index (χ1v) is 6.67. The summed E-state index contributed by atoms with van der Waals surface area (Å²) in [6.45, 7) is 0. The molecule has 1 saturated carbocycles. The van der Waals surface area contributed by atoms with E-state index in [0.717, 1.165) is 5.69 Å². The van der Waals surface area contributed by atoms with Gasteiger partial charge >= 0.3 is 0 Å². The summed E-state index contributed by atoms with van der Waals surface area (Å²) in [5, 5.41) is 8.66. The van der Waals surface area contributed by atoms with Crippen molar-refractivity contribution in [3.63, 3.8) is 0 Å². The van der Waals surface area contributed by atoms with Gasteiger partial charge in [0.1, 0.15) is 5.82 Å². The Morgan fingerprint density at radius 3 is 2.88 bits per heavy atom. The van der Waals surface area contributed by atoms with Crippen LogP contribution in [-0.2, 0) is 5.33 Å². The van der Waals surface area contributed by atoms with Gasteiger partial charge in [0, 0.05) is 11.2 Å². The second-order valence-electron chi connectivity index (χ2n) is 4.27. The zero-order valence-corrected chi connectivity index (χ0v) is 10.7. The van der Waals surface area contributed by atoms with Crippen molar-refractivity contribution in [1.82, 2.24) is 15.0 Å². The molecule has 1 aromatic carbocycles. The number of halogens is 2. The SMILES string of the molecule is Fc1cc(-n2cc(C3CC3)nn2)ccc1CBr. The number of rotatable bonds is 3. The van der Waals surface area contributed by atoms with Crippen LogP contribution in [0.3, 0.4) is 0 Å². The van der Waals surface area contributed by atoms with Gasteiger partial charge < -0.3 is 0 Å². The fraction of sp³-hybridized carbons (Fsp3) is 0.333. The van der Waals surface area contributed by atoms with Crippen LogP contribution in [0.25, 0.3) is 5.69 Å². The van der Waals surface area contributed by atoms with Crippen molar-refractivity contribution < 1.29 is 4.39 Å². The molecule has 1 aromatic heterocycles. The maximum atomic E-state index is 13.6. The van der Waals surface area contributed by atoms with Crippen molar-refractivity contribution >= 4 is 15.9 Å². The highest BCUT2D eigenvalue weighted by molar-refractivity contribution is 9.08. The zero-order chi connectivity index (χ0) is 11.8. The number of benzene rings is 1. The van der Waals surface area contributed by atoms with Gasteiger partial charge in [-0.2, -0.15) is 0 Å². The molecule has 0 aliphatic heterocycles. The lowest BCUT2D eigenvalue weighted by molar-refractivity contribution is 0.614. The molecule has 1 heterocycles. The molecule has 1 aliphatic carbocycles. The van der Waals surface area contributed by atoms with E-state index in [9.17, 15) is 4.39 Å². The summed E-state index contributed by atoms with van der Waals surface area (Å²) in [5.74, 6) is 0.346. The van der Waals surface area contributed by atoms with E-state index in [4.69, 9.17) is 0 Å². The summed E-state index contributed by atoms with van der Waals surface area (Å²) in [4.78, 5) is 0. The van der Waals surface area contributed by atoms with Gasteiger partial charge in [0.15, 0.2) is 0 Å². The Bertz CT molecular complexity index is 548. The summed E-state index contributed by atoms with van der Waals surface area (Å²) < 4.78 is 15.3. The van der Waals surface area contributed by atoms with Crippen LogP contribution in [-0.4, -0.2) is 15.0 Å². The van der Waals surface area contributed by atoms with E-state index in [-0.39, 0.29) is 5.82 Å². The number of nitrogens with zero attached hydrogens (tertiary/aromatic N) is 3. The average Bonchev–Trinajstić information content (AvgIpc) is 3.07.